The average molecular weight is 464 g/mol. The van der Waals surface area contributed by atoms with Crippen molar-refractivity contribution in [3.05, 3.63) is 60.0 Å². The van der Waals surface area contributed by atoms with Crippen molar-refractivity contribution in [2.24, 2.45) is 0 Å². The lowest BCUT2D eigenvalue weighted by atomic mass is 10.2. The summed E-state index contributed by atoms with van der Waals surface area (Å²) in [5.74, 6) is -1.21. The highest BCUT2D eigenvalue weighted by Gasteiger charge is 2.38. The summed E-state index contributed by atoms with van der Waals surface area (Å²) in [7, 11) is -3.72. The molecule has 4 rings (SSSR count). The van der Waals surface area contributed by atoms with Gasteiger partial charge in [-0.25, -0.2) is 8.42 Å². The number of aromatic nitrogens is 2. The van der Waals surface area contributed by atoms with E-state index in [9.17, 15) is 21.6 Å². The number of benzene rings is 2. The van der Waals surface area contributed by atoms with Crippen molar-refractivity contribution in [2.45, 2.75) is 23.6 Å². The second-order valence-electron chi connectivity index (χ2n) is 6.97. The van der Waals surface area contributed by atoms with Gasteiger partial charge in [0, 0.05) is 12.1 Å². The van der Waals surface area contributed by atoms with Gasteiger partial charge < -0.3 is 9.26 Å². The summed E-state index contributed by atoms with van der Waals surface area (Å²) < 4.78 is 74.7. The molecule has 0 amide bonds. The molecule has 2 heterocycles. The third-order valence-corrected chi connectivity index (χ3v) is 6.69. The molecule has 0 spiro atoms. The van der Waals surface area contributed by atoms with Crippen LogP contribution in [0.5, 0.6) is 5.75 Å². The van der Waals surface area contributed by atoms with Crippen LogP contribution in [0, 0.1) is 11.3 Å². The van der Waals surface area contributed by atoms with Crippen molar-refractivity contribution in [1.29, 1.82) is 5.26 Å². The van der Waals surface area contributed by atoms with Gasteiger partial charge in [0.25, 0.3) is 0 Å². The normalized spacial score (nSPS) is 17.2. The van der Waals surface area contributed by atoms with Gasteiger partial charge in [-0.15, -0.1) is 0 Å². The van der Waals surface area contributed by atoms with Crippen molar-refractivity contribution in [1.82, 2.24) is 14.4 Å². The smallest absolute Gasteiger partial charge is 0.471 e. The topological polar surface area (TPSA) is 109 Å². The Morgan fingerprint density at radius 1 is 1.12 bits per heavy atom. The zero-order valence-electron chi connectivity index (χ0n) is 16.3. The Kier molecular flexibility index (Phi) is 5.62. The number of nitrogens with zero attached hydrogens (tertiary/aromatic N) is 4. The second kappa shape index (κ2) is 8.25. The number of sulfonamides is 1. The molecule has 3 aromatic rings. The summed E-state index contributed by atoms with van der Waals surface area (Å²) in [6.45, 7) is 0.415. The molecule has 166 valence electrons. The Morgan fingerprint density at radius 2 is 1.81 bits per heavy atom. The van der Waals surface area contributed by atoms with Gasteiger partial charge in [-0.2, -0.15) is 27.7 Å². The minimum Gasteiger partial charge on any atom is -0.489 e. The number of hydrogen-bond donors (Lipinski definition) is 0. The quantitative estimate of drug-likeness (QED) is 0.569. The Morgan fingerprint density at radius 3 is 2.41 bits per heavy atom. The largest absolute Gasteiger partial charge is 0.489 e. The van der Waals surface area contributed by atoms with E-state index in [1.54, 1.807) is 0 Å². The third-order valence-electron chi connectivity index (χ3n) is 4.81. The van der Waals surface area contributed by atoms with E-state index >= 15 is 0 Å². The summed E-state index contributed by atoms with van der Waals surface area (Å²) in [6, 6.07) is 13.7. The Hall–Kier alpha value is -3.43. The lowest BCUT2D eigenvalue weighted by molar-refractivity contribution is -0.159. The fourth-order valence-electron chi connectivity index (χ4n) is 3.19. The van der Waals surface area contributed by atoms with Gasteiger partial charge >= 0.3 is 12.1 Å². The molecule has 1 aliphatic rings. The molecule has 1 fully saturated rings. The van der Waals surface area contributed by atoms with Crippen LogP contribution in [0.3, 0.4) is 0 Å². The monoisotopic (exact) mass is 464 g/mol. The van der Waals surface area contributed by atoms with Crippen LogP contribution >= 0.6 is 0 Å². The predicted octanol–water partition coefficient (Wildman–Crippen LogP) is 3.47. The summed E-state index contributed by atoms with van der Waals surface area (Å²) in [5.41, 5.74) is 0.679. The van der Waals surface area contributed by atoms with Crippen LogP contribution in [0.4, 0.5) is 13.2 Å². The lowest BCUT2D eigenvalue weighted by Crippen LogP contribution is -2.31. The molecule has 8 nitrogen and oxygen atoms in total. The van der Waals surface area contributed by atoms with Gasteiger partial charge in [-0.3, -0.25) is 0 Å². The molecule has 12 heteroatoms. The Labute approximate surface area is 180 Å². The van der Waals surface area contributed by atoms with Gasteiger partial charge in [0.05, 0.1) is 23.1 Å². The van der Waals surface area contributed by atoms with Crippen LogP contribution in [0.25, 0.3) is 11.4 Å². The molecule has 1 aliphatic heterocycles. The maximum atomic E-state index is 12.8. The molecule has 0 bridgehead atoms. The summed E-state index contributed by atoms with van der Waals surface area (Å²) in [4.78, 5) is 3.42. The van der Waals surface area contributed by atoms with E-state index in [0.717, 1.165) is 0 Å². The van der Waals surface area contributed by atoms with E-state index in [4.69, 9.17) is 10.00 Å². The van der Waals surface area contributed by atoms with E-state index in [0.29, 0.717) is 23.3 Å². The minimum absolute atomic E-state index is 0.0971. The summed E-state index contributed by atoms with van der Waals surface area (Å²) in [6.07, 6.45) is -4.64. The Balaban J connectivity index is 1.40. The fourth-order valence-corrected chi connectivity index (χ4v) is 4.68. The van der Waals surface area contributed by atoms with Crippen molar-refractivity contribution in [3.8, 4) is 23.2 Å². The third kappa shape index (κ3) is 4.44. The van der Waals surface area contributed by atoms with Crippen molar-refractivity contribution in [3.63, 3.8) is 0 Å². The number of alkyl halides is 3. The minimum atomic E-state index is -4.72. The second-order valence-corrected chi connectivity index (χ2v) is 8.91. The standard InChI is InChI=1S/C20H15F3N4O4S/c21-20(22,23)19-25-18(26-31-19)14-3-5-15(6-4-14)30-16-9-10-27(12-16)32(28,29)17-7-1-13(11-24)2-8-17/h1-8,16H,9-10,12H2. The summed E-state index contributed by atoms with van der Waals surface area (Å²) in [5, 5.41) is 12.2. The van der Waals surface area contributed by atoms with E-state index in [1.807, 2.05) is 6.07 Å². The molecule has 0 saturated carbocycles. The number of halogens is 3. The number of hydrogen-bond acceptors (Lipinski definition) is 7. The van der Waals surface area contributed by atoms with Crippen LogP contribution in [0.15, 0.2) is 57.9 Å². The van der Waals surface area contributed by atoms with Crippen LogP contribution in [0.2, 0.25) is 0 Å². The molecular weight excluding hydrogens is 449 g/mol. The van der Waals surface area contributed by atoms with Gasteiger partial charge in [0.2, 0.25) is 15.8 Å². The van der Waals surface area contributed by atoms with Crippen LogP contribution < -0.4 is 4.74 Å². The summed E-state index contributed by atoms with van der Waals surface area (Å²) >= 11 is 0. The zero-order valence-corrected chi connectivity index (χ0v) is 17.1. The van der Waals surface area contributed by atoms with Crippen molar-refractivity contribution in [2.75, 3.05) is 13.1 Å². The molecule has 0 N–H and O–H groups in total. The van der Waals surface area contributed by atoms with Crippen molar-refractivity contribution < 1.29 is 30.8 Å². The molecular formula is C20H15F3N4O4S. The van der Waals surface area contributed by atoms with E-state index in [-0.39, 0.29) is 23.8 Å². The Bertz CT molecular complexity index is 1250. The SMILES string of the molecule is N#Cc1ccc(S(=O)(=O)N2CCC(Oc3ccc(-c4noc(C(F)(F)F)n4)cc3)C2)cc1. The first kappa shape index (κ1) is 21.8. The zero-order chi connectivity index (χ0) is 22.9. The molecule has 2 aromatic carbocycles. The first-order chi connectivity index (χ1) is 15.2. The maximum Gasteiger partial charge on any atom is 0.471 e. The van der Waals surface area contributed by atoms with E-state index < -0.39 is 28.2 Å². The molecule has 1 unspecified atom stereocenters. The molecule has 0 radical (unpaired) electrons. The van der Waals surface area contributed by atoms with Crippen LogP contribution in [-0.4, -0.2) is 42.1 Å². The molecule has 32 heavy (non-hydrogen) atoms. The molecule has 1 aromatic heterocycles. The highest BCUT2D eigenvalue weighted by atomic mass is 32.2. The molecule has 1 atom stereocenters. The first-order valence-corrected chi connectivity index (χ1v) is 10.8. The van der Waals surface area contributed by atoms with E-state index in [2.05, 4.69) is 14.7 Å². The van der Waals surface area contributed by atoms with Crippen LogP contribution in [-0.2, 0) is 16.2 Å². The fraction of sp³-hybridized carbons (Fsp3) is 0.250. The number of ether oxygens (including phenoxy) is 1. The van der Waals surface area contributed by atoms with Gasteiger partial charge in [-0.1, -0.05) is 5.16 Å². The first-order valence-electron chi connectivity index (χ1n) is 9.35. The maximum absolute atomic E-state index is 12.8. The predicted molar refractivity (Wildman–Crippen MR) is 104 cm³/mol. The van der Waals surface area contributed by atoms with Crippen molar-refractivity contribution >= 4 is 10.0 Å². The van der Waals surface area contributed by atoms with Gasteiger partial charge in [-0.05, 0) is 55.0 Å². The van der Waals surface area contributed by atoms with Gasteiger partial charge in [0.1, 0.15) is 11.9 Å². The van der Waals surface area contributed by atoms with E-state index in [1.165, 1.54) is 52.8 Å². The average Bonchev–Trinajstić information content (AvgIpc) is 3.45. The number of nitriles is 1. The molecule has 0 aliphatic carbocycles. The highest BCUT2D eigenvalue weighted by molar-refractivity contribution is 7.89. The molecule has 1 saturated heterocycles. The van der Waals surface area contributed by atoms with Gasteiger partial charge in [0.15, 0.2) is 0 Å². The van der Waals surface area contributed by atoms with Crippen LogP contribution in [0.1, 0.15) is 17.9 Å². The lowest BCUT2D eigenvalue weighted by Gasteiger charge is -2.17. The highest BCUT2D eigenvalue weighted by Crippen LogP contribution is 2.30. The number of rotatable bonds is 5.